The maximum atomic E-state index is 13.0. The normalized spacial score (nSPS) is 19.9. The van der Waals surface area contributed by atoms with Crippen LogP contribution in [-0.2, 0) is 4.79 Å². The lowest BCUT2D eigenvalue weighted by Gasteiger charge is -2.25. The molecule has 1 aliphatic heterocycles. The molecule has 5 rings (SSSR count). The van der Waals surface area contributed by atoms with E-state index in [1.54, 1.807) is 7.11 Å². The Morgan fingerprint density at radius 3 is 2.76 bits per heavy atom. The molecule has 2 aliphatic rings. The summed E-state index contributed by atoms with van der Waals surface area (Å²) in [6, 6.07) is 14.0. The predicted octanol–water partition coefficient (Wildman–Crippen LogP) is 5.36. The molecule has 1 saturated heterocycles. The molecule has 2 aromatic carbocycles. The Balaban J connectivity index is 1.46. The van der Waals surface area contributed by atoms with Crippen molar-refractivity contribution in [2.24, 2.45) is 5.92 Å². The fourth-order valence-electron chi connectivity index (χ4n) is 4.83. The van der Waals surface area contributed by atoms with Gasteiger partial charge in [-0.2, -0.15) is 0 Å². The summed E-state index contributed by atoms with van der Waals surface area (Å²) in [5.41, 5.74) is 3.66. The number of benzene rings is 2. The number of fused-ring (bicyclic) bond motifs is 1. The van der Waals surface area contributed by atoms with Crippen molar-refractivity contribution in [3.63, 3.8) is 0 Å². The van der Waals surface area contributed by atoms with Gasteiger partial charge in [0, 0.05) is 18.0 Å². The second-order valence-electron chi connectivity index (χ2n) is 8.11. The predicted molar refractivity (Wildman–Crippen MR) is 112 cm³/mol. The van der Waals surface area contributed by atoms with Gasteiger partial charge in [-0.15, -0.1) is 0 Å². The molecular formula is C24H26N2O3. The number of ether oxygens (including phenoxy) is 1. The topological polar surface area (TPSA) is 55.6 Å². The molecule has 1 amide bonds. The Bertz CT molecular complexity index is 1040. The van der Waals surface area contributed by atoms with Gasteiger partial charge in [-0.3, -0.25) is 4.79 Å². The maximum absolute atomic E-state index is 13.0. The molecule has 0 spiro atoms. The third kappa shape index (κ3) is 3.28. The molecule has 1 aliphatic carbocycles. The Morgan fingerprint density at radius 2 is 1.93 bits per heavy atom. The van der Waals surface area contributed by atoms with Crippen LogP contribution in [0.25, 0.3) is 22.2 Å². The first kappa shape index (κ1) is 18.2. The molecule has 5 nitrogen and oxygen atoms in total. The average molecular weight is 390 g/mol. The number of nitrogens with zero attached hydrogens (tertiary/aromatic N) is 2. The number of oxazole rings is 1. The maximum Gasteiger partial charge on any atom is 0.226 e. The zero-order valence-corrected chi connectivity index (χ0v) is 16.8. The highest BCUT2D eigenvalue weighted by Crippen LogP contribution is 2.38. The van der Waals surface area contributed by atoms with Gasteiger partial charge in [0.1, 0.15) is 17.3 Å². The smallest absolute Gasteiger partial charge is 0.226 e. The second-order valence-corrected chi connectivity index (χ2v) is 8.11. The van der Waals surface area contributed by atoms with Gasteiger partial charge >= 0.3 is 0 Å². The molecule has 0 radical (unpaired) electrons. The summed E-state index contributed by atoms with van der Waals surface area (Å²) in [5, 5.41) is 0. The van der Waals surface area contributed by atoms with Gasteiger partial charge in [-0.25, -0.2) is 4.98 Å². The number of likely N-dealkylation sites (tertiary alicyclic amines) is 1. The highest BCUT2D eigenvalue weighted by molar-refractivity contribution is 5.83. The first-order valence-electron chi connectivity index (χ1n) is 10.6. The summed E-state index contributed by atoms with van der Waals surface area (Å²) >= 11 is 0. The molecule has 0 N–H and O–H groups in total. The Kier molecular flexibility index (Phi) is 4.74. The molecule has 1 unspecified atom stereocenters. The van der Waals surface area contributed by atoms with Crippen LogP contribution >= 0.6 is 0 Å². The van der Waals surface area contributed by atoms with Gasteiger partial charge in [0.2, 0.25) is 11.8 Å². The third-order valence-corrected chi connectivity index (χ3v) is 6.35. The number of para-hydroxylation sites is 1. The molecule has 29 heavy (non-hydrogen) atoms. The van der Waals surface area contributed by atoms with Gasteiger partial charge < -0.3 is 14.1 Å². The molecule has 3 aromatic rings. The molecule has 1 atom stereocenters. The van der Waals surface area contributed by atoms with E-state index in [-0.39, 0.29) is 12.0 Å². The SMILES string of the molecule is COc1ccccc1-c1ccc2oc(C3CCCN3C(=O)C3CCCC3)nc2c1. The number of hydrogen-bond donors (Lipinski definition) is 0. The van der Waals surface area contributed by atoms with Crippen LogP contribution in [0, 0.1) is 5.92 Å². The summed E-state index contributed by atoms with van der Waals surface area (Å²) in [6.45, 7) is 0.811. The van der Waals surface area contributed by atoms with Crippen molar-refractivity contribution in [1.82, 2.24) is 9.88 Å². The minimum Gasteiger partial charge on any atom is -0.496 e. The summed E-state index contributed by atoms with van der Waals surface area (Å²) in [4.78, 5) is 19.8. The number of rotatable bonds is 4. The van der Waals surface area contributed by atoms with Crippen LogP contribution in [0.4, 0.5) is 0 Å². The standard InChI is InChI=1S/C24H26N2O3/c1-28-21-11-5-4-9-18(21)17-12-13-22-19(15-17)25-23(29-22)20-10-6-14-26(20)24(27)16-7-2-3-8-16/h4-5,9,11-13,15-16,20H,2-3,6-8,10,14H2,1H3. The highest BCUT2D eigenvalue weighted by Gasteiger charge is 2.37. The first-order valence-corrected chi connectivity index (χ1v) is 10.6. The van der Waals surface area contributed by atoms with E-state index in [0.29, 0.717) is 11.8 Å². The highest BCUT2D eigenvalue weighted by atomic mass is 16.5. The second kappa shape index (κ2) is 7.54. The molecule has 5 heteroatoms. The molecular weight excluding hydrogens is 364 g/mol. The summed E-state index contributed by atoms with van der Waals surface area (Å²) in [7, 11) is 1.68. The van der Waals surface area contributed by atoms with Gasteiger partial charge in [0.25, 0.3) is 0 Å². The fraction of sp³-hybridized carbons (Fsp3) is 0.417. The van der Waals surface area contributed by atoms with Crippen molar-refractivity contribution in [1.29, 1.82) is 0 Å². The van der Waals surface area contributed by atoms with Crippen LogP contribution in [0.5, 0.6) is 5.75 Å². The molecule has 2 heterocycles. The number of amides is 1. The zero-order chi connectivity index (χ0) is 19.8. The molecule has 0 bridgehead atoms. The molecule has 1 aromatic heterocycles. The summed E-state index contributed by atoms with van der Waals surface area (Å²) in [5.74, 6) is 1.99. The van der Waals surface area contributed by atoms with Crippen molar-refractivity contribution in [3.8, 4) is 16.9 Å². The summed E-state index contributed by atoms with van der Waals surface area (Å²) in [6.07, 6.45) is 6.32. The number of carbonyl (C=O) groups is 1. The van der Waals surface area contributed by atoms with E-state index in [1.165, 1.54) is 12.8 Å². The fourth-order valence-corrected chi connectivity index (χ4v) is 4.83. The minimum atomic E-state index is -0.0368. The van der Waals surface area contributed by atoms with E-state index in [4.69, 9.17) is 14.1 Å². The van der Waals surface area contributed by atoms with Crippen molar-refractivity contribution >= 4 is 17.0 Å². The third-order valence-electron chi connectivity index (χ3n) is 6.35. The van der Waals surface area contributed by atoms with Gasteiger partial charge in [-0.05, 0) is 49.4 Å². The van der Waals surface area contributed by atoms with Crippen LogP contribution in [0.3, 0.4) is 0 Å². The number of aromatic nitrogens is 1. The Labute approximate surface area is 170 Å². The lowest BCUT2D eigenvalue weighted by Crippen LogP contribution is -2.34. The first-order chi connectivity index (χ1) is 14.2. The van der Waals surface area contributed by atoms with E-state index < -0.39 is 0 Å². The quantitative estimate of drug-likeness (QED) is 0.602. The van der Waals surface area contributed by atoms with Crippen LogP contribution < -0.4 is 4.74 Å². The van der Waals surface area contributed by atoms with Crippen LogP contribution in [0.15, 0.2) is 46.9 Å². The molecule has 150 valence electrons. The van der Waals surface area contributed by atoms with Crippen LogP contribution in [0.2, 0.25) is 0 Å². The minimum absolute atomic E-state index is 0.0368. The number of methoxy groups -OCH3 is 1. The number of hydrogen-bond acceptors (Lipinski definition) is 4. The van der Waals surface area contributed by atoms with E-state index >= 15 is 0 Å². The van der Waals surface area contributed by atoms with E-state index in [2.05, 4.69) is 0 Å². The lowest BCUT2D eigenvalue weighted by molar-refractivity contribution is -0.136. The zero-order valence-electron chi connectivity index (χ0n) is 16.8. The average Bonchev–Trinajstić information content (AvgIpc) is 3.52. The monoisotopic (exact) mass is 390 g/mol. The van der Waals surface area contributed by atoms with E-state index in [9.17, 15) is 4.79 Å². The van der Waals surface area contributed by atoms with Crippen molar-refractivity contribution in [3.05, 3.63) is 48.4 Å². The Morgan fingerprint density at radius 1 is 1.10 bits per heavy atom. The van der Waals surface area contributed by atoms with Gasteiger partial charge in [0.05, 0.1) is 7.11 Å². The Hall–Kier alpha value is -2.82. The lowest BCUT2D eigenvalue weighted by atomic mass is 10.0. The van der Waals surface area contributed by atoms with Crippen LogP contribution in [0.1, 0.15) is 50.5 Å². The van der Waals surface area contributed by atoms with E-state index in [0.717, 1.165) is 60.2 Å². The van der Waals surface area contributed by atoms with Gasteiger partial charge in [-0.1, -0.05) is 37.1 Å². The largest absolute Gasteiger partial charge is 0.496 e. The molecule has 1 saturated carbocycles. The van der Waals surface area contributed by atoms with Gasteiger partial charge in [0.15, 0.2) is 5.58 Å². The summed E-state index contributed by atoms with van der Waals surface area (Å²) < 4.78 is 11.6. The van der Waals surface area contributed by atoms with Crippen molar-refractivity contribution in [2.45, 2.75) is 44.6 Å². The molecule has 2 fully saturated rings. The number of carbonyl (C=O) groups excluding carboxylic acids is 1. The van der Waals surface area contributed by atoms with Crippen molar-refractivity contribution < 1.29 is 13.9 Å². The van der Waals surface area contributed by atoms with E-state index in [1.807, 2.05) is 47.4 Å². The van der Waals surface area contributed by atoms with Crippen LogP contribution in [-0.4, -0.2) is 29.4 Å². The van der Waals surface area contributed by atoms with Crippen molar-refractivity contribution in [2.75, 3.05) is 13.7 Å².